The summed E-state index contributed by atoms with van der Waals surface area (Å²) >= 11 is 1.37. The van der Waals surface area contributed by atoms with Crippen LogP contribution in [0.15, 0.2) is 35.8 Å². The molecule has 0 fully saturated rings. The smallest absolute Gasteiger partial charge is 0.373 e. The fourth-order valence-corrected chi connectivity index (χ4v) is 3.01. The van der Waals surface area contributed by atoms with Crippen molar-refractivity contribution in [2.45, 2.75) is 6.92 Å². The van der Waals surface area contributed by atoms with Gasteiger partial charge in [0.1, 0.15) is 18.6 Å². The van der Waals surface area contributed by atoms with Crippen molar-refractivity contribution in [3.05, 3.63) is 51.5 Å². The average molecular weight is 332 g/mol. The molecule has 0 aliphatic carbocycles. The van der Waals surface area contributed by atoms with Crippen LogP contribution in [0.25, 0.3) is 4.96 Å². The zero-order valence-electron chi connectivity index (χ0n) is 12.8. The number of aryl methyl sites for hydroxylation is 1. The van der Waals surface area contributed by atoms with Crippen molar-refractivity contribution in [3.8, 4) is 5.75 Å². The fraction of sp³-hybridized carbons (Fsp3) is 0.267. The van der Waals surface area contributed by atoms with E-state index in [9.17, 15) is 10.1 Å². The van der Waals surface area contributed by atoms with Crippen LogP contribution >= 0.6 is 11.3 Å². The number of ether oxygens (including phenoxy) is 1. The average Bonchev–Trinajstić information content (AvgIpc) is 3.09. The maximum absolute atomic E-state index is 11.3. The molecule has 0 spiro atoms. The van der Waals surface area contributed by atoms with Crippen LogP contribution in [0.3, 0.4) is 0 Å². The number of para-hydroxylation sites is 1. The number of nitro groups is 1. The van der Waals surface area contributed by atoms with Crippen molar-refractivity contribution >= 4 is 27.9 Å². The van der Waals surface area contributed by atoms with E-state index in [1.54, 1.807) is 23.5 Å². The highest BCUT2D eigenvalue weighted by Gasteiger charge is 2.26. The Kier molecular flexibility index (Phi) is 4.16. The lowest BCUT2D eigenvalue weighted by molar-refractivity contribution is -0.389. The molecule has 7 nitrogen and oxygen atoms in total. The predicted molar refractivity (Wildman–Crippen MR) is 89.7 cm³/mol. The first-order valence-electron chi connectivity index (χ1n) is 7.07. The lowest BCUT2D eigenvalue weighted by atomic mass is 10.2. The molecular formula is C15H16N4O3S. The molecule has 2 heterocycles. The Morgan fingerprint density at radius 2 is 2.22 bits per heavy atom. The second-order valence-corrected chi connectivity index (χ2v) is 5.98. The molecule has 23 heavy (non-hydrogen) atoms. The Labute approximate surface area is 136 Å². The van der Waals surface area contributed by atoms with Gasteiger partial charge >= 0.3 is 5.82 Å². The molecule has 3 aromatic rings. The second kappa shape index (κ2) is 6.25. The first-order chi connectivity index (χ1) is 11.1. The van der Waals surface area contributed by atoms with E-state index in [0.29, 0.717) is 23.9 Å². The SMILES string of the molecule is Cc1ccccc1OCCN(C)c1nc2sccn2c1[N+](=O)[O-]. The molecule has 0 bridgehead atoms. The molecule has 0 aliphatic rings. The highest BCUT2D eigenvalue weighted by Crippen LogP contribution is 2.30. The highest BCUT2D eigenvalue weighted by molar-refractivity contribution is 7.15. The lowest BCUT2D eigenvalue weighted by Crippen LogP contribution is -2.25. The summed E-state index contributed by atoms with van der Waals surface area (Å²) in [6.07, 6.45) is 1.66. The van der Waals surface area contributed by atoms with Gasteiger partial charge in [-0.3, -0.25) is 0 Å². The summed E-state index contributed by atoms with van der Waals surface area (Å²) in [5, 5.41) is 13.1. The Morgan fingerprint density at radius 1 is 1.43 bits per heavy atom. The summed E-state index contributed by atoms with van der Waals surface area (Å²) in [7, 11) is 1.78. The third kappa shape index (κ3) is 2.98. The minimum absolute atomic E-state index is 0.0142. The van der Waals surface area contributed by atoms with Gasteiger partial charge < -0.3 is 19.8 Å². The first kappa shape index (κ1) is 15.3. The van der Waals surface area contributed by atoms with E-state index >= 15 is 0 Å². The zero-order valence-corrected chi connectivity index (χ0v) is 13.6. The Morgan fingerprint density at radius 3 is 2.96 bits per heavy atom. The summed E-state index contributed by atoms with van der Waals surface area (Å²) in [6.45, 7) is 2.90. The predicted octanol–water partition coefficient (Wildman–Crippen LogP) is 3.13. The van der Waals surface area contributed by atoms with Gasteiger partial charge in [-0.15, -0.1) is 0 Å². The van der Waals surface area contributed by atoms with Crippen LogP contribution in [0, 0.1) is 17.0 Å². The minimum atomic E-state index is -0.402. The van der Waals surface area contributed by atoms with Gasteiger partial charge in [0.2, 0.25) is 5.82 Å². The van der Waals surface area contributed by atoms with E-state index < -0.39 is 4.92 Å². The van der Waals surface area contributed by atoms with E-state index in [0.717, 1.165) is 11.3 Å². The van der Waals surface area contributed by atoms with Gasteiger partial charge in [0, 0.05) is 12.4 Å². The van der Waals surface area contributed by atoms with Crippen LogP contribution in [-0.4, -0.2) is 34.5 Å². The fourth-order valence-electron chi connectivity index (χ4n) is 2.30. The largest absolute Gasteiger partial charge is 0.491 e. The lowest BCUT2D eigenvalue weighted by Gasteiger charge is -2.17. The van der Waals surface area contributed by atoms with E-state index in [2.05, 4.69) is 4.98 Å². The molecule has 0 radical (unpaired) electrons. The normalized spacial score (nSPS) is 10.9. The number of anilines is 1. The van der Waals surface area contributed by atoms with Gasteiger partial charge in [-0.05, 0) is 23.5 Å². The van der Waals surface area contributed by atoms with Crippen molar-refractivity contribution in [2.24, 2.45) is 0 Å². The maximum atomic E-state index is 11.3. The van der Waals surface area contributed by atoms with E-state index in [4.69, 9.17) is 4.74 Å². The summed E-state index contributed by atoms with van der Waals surface area (Å²) in [5.74, 6) is 1.16. The summed E-state index contributed by atoms with van der Waals surface area (Å²) in [4.78, 5) is 17.6. The number of hydrogen-bond acceptors (Lipinski definition) is 6. The van der Waals surface area contributed by atoms with Gasteiger partial charge in [0.15, 0.2) is 0 Å². The first-order valence-corrected chi connectivity index (χ1v) is 7.95. The third-order valence-corrected chi connectivity index (χ3v) is 4.29. The van der Waals surface area contributed by atoms with Gasteiger partial charge in [-0.2, -0.15) is 9.38 Å². The van der Waals surface area contributed by atoms with Gasteiger partial charge in [-0.25, -0.2) is 0 Å². The van der Waals surface area contributed by atoms with Crippen LogP contribution in [0.2, 0.25) is 0 Å². The van der Waals surface area contributed by atoms with Crippen LogP contribution in [0.1, 0.15) is 5.56 Å². The quantitative estimate of drug-likeness (QED) is 0.512. The molecule has 8 heteroatoms. The van der Waals surface area contributed by atoms with E-state index in [1.807, 2.05) is 31.2 Å². The number of rotatable bonds is 6. The Bertz CT molecular complexity index is 842. The Hall–Kier alpha value is -2.61. The topological polar surface area (TPSA) is 72.9 Å². The number of fused-ring (bicyclic) bond motifs is 1. The highest BCUT2D eigenvalue weighted by atomic mass is 32.1. The van der Waals surface area contributed by atoms with Crippen LogP contribution in [-0.2, 0) is 0 Å². The molecule has 0 saturated heterocycles. The third-order valence-electron chi connectivity index (χ3n) is 3.53. The molecular weight excluding hydrogens is 316 g/mol. The number of benzene rings is 1. The molecule has 3 rings (SSSR count). The van der Waals surface area contributed by atoms with Gasteiger partial charge in [0.25, 0.3) is 4.96 Å². The number of likely N-dealkylation sites (N-methyl/N-ethyl adjacent to an activating group) is 1. The molecule has 0 saturated carbocycles. The number of thiazole rings is 1. The molecule has 2 aromatic heterocycles. The van der Waals surface area contributed by atoms with Crippen molar-refractivity contribution < 1.29 is 9.66 Å². The summed E-state index contributed by atoms with van der Waals surface area (Å²) in [6, 6.07) is 7.76. The number of aromatic nitrogens is 2. The summed E-state index contributed by atoms with van der Waals surface area (Å²) < 4.78 is 7.24. The van der Waals surface area contributed by atoms with Gasteiger partial charge in [-0.1, -0.05) is 29.5 Å². The van der Waals surface area contributed by atoms with Crippen molar-refractivity contribution in [1.82, 2.24) is 9.38 Å². The molecule has 120 valence electrons. The van der Waals surface area contributed by atoms with Crippen molar-refractivity contribution in [3.63, 3.8) is 0 Å². The molecule has 0 atom stereocenters. The van der Waals surface area contributed by atoms with Crippen LogP contribution in [0.4, 0.5) is 11.6 Å². The molecule has 0 N–H and O–H groups in total. The standard InChI is InChI=1S/C15H16N4O3S/c1-11-5-3-4-6-12(11)22-9-7-17(2)13-14(19(20)21)18-8-10-23-15(18)16-13/h3-6,8,10H,7,9H2,1-2H3. The summed E-state index contributed by atoms with van der Waals surface area (Å²) in [5.41, 5.74) is 1.06. The van der Waals surface area contributed by atoms with Gasteiger partial charge in [0.05, 0.1) is 6.54 Å². The number of nitrogens with zero attached hydrogens (tertiary/aromatic N) is 4. The molecule has 0 amide bonds. The number of hydrogen-bond donors (Lipinski definition) is 0. The molecule has 0 unspecified atom stereocenters. The number of imidazole rings is 1. The minimum Gasteiger partial charge on any atom is -0.491 e. The monoisotopic (exact) mass is 332 g/mol. The maximum Gasteiger partial charge on any atom is 0.373 e. The van der Waals surface area contributed by atoms with E-state index in [-0.39, 0.29) is 5.82 Å². The van der Waals surface area contributed by atoms with Crippen molar-refractivity contribution in [1.29, 1.82) is 0 Å². The second-order valence-electron chi connectivity index (χ2n) is 5.11. The zero-order chi connectivity index (χ0) is 16.4. The van der Waals surface area contributed by atoms with Crippen LogP contribution in [0.5, 0.6) is 5.75 Å². The van der Waals surface area contributed by atoms with Crippen LogP contribution < -0.4 is 9.64 Å². The van der Waals surface area contributed by atoms with E-state index in [1.165, 1.54) is 15.7 Å². The molecule has 0 aliphatic heterocycles. The van der Waals surface area contributed by atoms with Crippen molar-refractivity contribution in [2.75, 3.05) is 25.1 Å². The molecule has 1 aromatic carbocycles. The Balaban J connectivity index is 1.72.